The molecule has 3 aromatic heterocycles. The number of fused-ring (bicyclic) bond motifs is 4. The SMILES string of the molecule is CO[C@@H](C)c1ncccc1-c1c2c3cc(ccc3n1CCO[C@H]1CCOC(C)(C)C1)-c1coc(n1)C[C@H](NC(=O)OC(C)(C)C)C(=O)N1N[C@H](C(=O)OCC(C)(C)C2)C2CC1C2. The summed E-state index contributed by atoms with van der Waals surface area (Å²) >= 11 is 0. The summed E-state index contributed by atoms with van der Waals surface area (Å²) in [5.41, 5.74) is 7.81. The van der Waals surface area contributed by atoms with E-state index in [0.717, 1.165) is 51.8 Å². The molecule has 4 fully saturated rings. The van der Waals surface area contributed by atoms with Gasteiger partial charge in [0.25, 0.3) is 5.91 Å². The molecule has 15 nitrogen and oxygen atoms in total. The minimum Gasteiger partial charge on any atom is -0.464 e. The van der Waals surface area contributed by atoms with Crippen LogP contribution in [0.3, 0.4) is 0 Å². The van der Waals surface area contributed by atoms with Crippen molar-refractivity contribution in [1.82, 2.24) is 30.3 Å². The lowest BCUT2D eigenvalue weighted by Crippen LogP contribution is -2.71. The lowest BCUT2D eigenvalue weighted by molar-refractivity contribution is -0.170. The Kier molecular flexibility index (Phi) is 12.0. The molecular weight excluding hydrogens is 793 g/mol. The van der Waals surface area contributed by atoms with Crippen molar-refractivity contribution in [3.8, 4) is 22.5 Å². The molecule has 7 heterocycles. The largest absolute Gasteiger partial charge is 0.464 e. The van der Waals surface area contributed by atoms with Crippen LogP contribution in [0.5, 0.6) is 0 Å². The molecule has 334 valence electrons. The van der Waals surface area contributed by atoms with Crippen molar-refractivity contribution >= 4 is 28.9 Å². The third-order valence-corrected chi connectivity index (χ3v) is 12.6. The van der Waals surface area contributed by atoms with Gasteiger partial charge in [0.05, 0.1) is 48.8 Å². The second-order valence-corrected chi connectivity index (χ2v) is 19.8. The van der Waals surface area contributed by atoms with Gasteiger partial charge in [0, 0.05) is 66.4 Å². The van der Waals surface area contributed by atoms with Crippen LogP contribution in [0.25, 0.3) is 33.4 Å². The Bertz CT molecular complexity index is 2300. The summed E-state index contributed by atoms with van der Waals surface area (Å²) in [4.78, 5) is 51.2. The smallest absolute Gasteiger partial charge is 0.408 e. The Balaban J connectivity index is 1.24. The van der Waals surface area contributed by atoms with Gasteiger partial charge in [0.15, 0.2) is 5.89 Å². The maximum Gasteiger partial charge on any atom is 0.408 e. The third-order valence-electron chi connectivity index (χ3n) is 12.6. The van der Waals surface area contributed by atoms with Crippen LogP contribution in [0.4, 0.5) is 4.79 Å². The number of ether oxygens (including phenoxy) is 5. The number of aromatic nitrogens is 3. The average molecular weight is 855 g/mol. The molecule has 1 saturated carbocycles. The number of methoxy groups -OCH3 is 1. The zero-order valence-corrected chi connectivity index (χ0v) is 37.5. The standard InChI is InChI=1S/C47H62N6O9/c1-27(57-9)39-32(11-10-15-48-39)41-34-24-46(5,6)26-60-43(55)40-29-19-30(20-29)53(51-40)42(54)35(50-44(56)62-45(2,3)4)22-38-49-36(25-59-38)28-12-13-37(33(34)21-28)52(41)16-18-58-31-14-17-61-47(7,8)23-31/h10-13,15,21,25,27,29-31,35,40,51H,14,16-20,22-24,26H2,1-9H3,(H,50,56)/t27-,29?,30?,31-,35-,40-/m0/s1. The predicted octanol–water partition coefficient (Wildman–Crippen LogP) is 7.10. The normalized spacial score (nSPS) is 25.4. The van der Waals surface area contributed by atoms with Crippen molar-refractivity contribution < 1.29 is 42.5 Å². The van der Waals surface area contributed by atoms with E-state index in [0.29, 0.717) is 44.7 Å². The number of carbonyl (C=O) groups is 3. The van der Waals surface area contributed by atoms with Crippen LogP contribution in [0.2, 0.25) is 0 Å². The van der Waals surface area contributed by atoms with Crippen LogP contribution in [0.1, 0.15) is 104 Å². The molecule has 62 heavy (non-hydrogen) atoms. The van der Waals surface area contributed by atoms with E-state index in [1.807, 2.05) is 19.1 Å². The minimum absolute atomic E-state index is 0.0148. The fourth-order valence-corrected chi connectivity index (χ4v) is 9.36. The topological polar surface area (TPSA) is 169 Å². The molecule has 1 aliphatic carbocycles. The highest BCUT2D eigenvalue weighted by molar-refractivity contribution is 5.95. The van der Waals surface area contributed by atoms with Gasteiger partial charge >= 0.3 is 12.1 Å². The number of nitrogens with one attached hydrogen (secondary N) is 2. The number of cyclic esters (lactones) is 1. The summed E-state index contributed by atoms with van der Waals surface area (Å²) in [5.74, 6) is -0.561. The number of pyridine rings is 1. The number of oxazole rings is 1. The number of hydrazine groups is 1. The van der Waals surface area contributed by atoms with Gasteiger partial charge in [-0.05, 0) is 103 Å². The molecule has 15 heteroatoms. The van der Waals surface area contributed by atoms with E-state index in [1.54, 1.807) is 40.3 Å². The van der Waals surface area contributed by atoms with Gasteiger partial charge in [0.1, 0.15) is 29.6 Å². The third kappa shape index (κ3) is 9.27. The van der Waals surface area contributed by atoms with Crippen LogP contribution in [0.15, 0.2) is 47.2 Å². The van der Waals surface area contributed by atoms with Crippen LogP contribution >= 0.6 is 0 Å². The molecule has 2 amide bonds. The average Bonchev–Trinajstić information content (AvgIpc) is 3.79. The number of hydrogen-bond acceptors (Lipinski definition) is 12. The maximum atomic E-state index is 14.3. The van der Waals surface area contributed by atoms with Gasteiger partial charge in [0.2, 0.25) is 0 Å². The quantitative estimate of drug-likeness (QED) is 0.173. The Morgan fingerprint density at radius 3 is 2.66 bits per heavy atom. The van der Waals surface area contributed by atoms with Gasteiger partial charge in [-0.3, -0.25) is 19.6 Å². The molecule has 4 atom stereocenters. The lowest BCUT2D eigenvalue weighted by atomic mass is 9.73. The second kappa shape index (κ2) is 17.0. The first-order valence-corrected chi connectivity index (χ1v) is 22.0. The van der Waals surface area contributed by atoms with Gasteiger partial charge in [-0.15, -0.1) is 0 Å². The van der Waals surface area contributed by atoms with Crippen molar-refractivity contribution in [3.63, 3.8) is 0 Å². The number of amides is 2. The molecule has 8 bridgehead atoms. The summed E-state index contributed by atoms with van der Waals surface area (Å²) in [6.45, 7) is 17.5. The number of hydrogen-bond donors (Lipinski definition) is 2. The van der Waals surface area contributed by atoms with E-state index in [4.69, 9.17) is 38.1 Å². The van der Waals surface area contributed by atoms with Crippen molar-refractivity contribution in [2.75, 3.05) is 26.9 Å². The molecule has 2 N–H and O–H groups in total. The van der Waals surface area contributed by atoms with Gasteiger partial charge < -0.3 is 38.0 Å². The van der Waals surface area contributed by atoms with E-state index in [9.17, 15) is 14.4 Å². The summed E-state index contributed by atoms with van der Waals surface area (Å²) in [7, 11) is 1.69. The van der Waals surface area contributed by atoms with Crippen LogP contribution in [0, 0.1) is 11.3 Å². The monoisotopic (exact) mass is 854 g/mol. The Morgan fingerprint density at radius 2 is 1.92 bits per heavy atom. The van der Waals surface area contributed by atoms with E-state index in [1.165, 1.54) is 5.01 Å². The van der Waals surface area contributed by atoms with E-state index >= 15 is 0 Å². The summed E-state index contributed by atoms with van der Waals surface area (Å²) < 4.78 is 38.6. The fraction of sp³-hybridized carbons (Fsp3) is 0.596. The number of benzene rings is 1. The summed E-state index contributed by atoms with van der Waals surface area (Å²) in [6, 6.07) is 8.34. The molecule has 3 saturated heterocycles. The van der Waals surface area contributed by atoms with Crippen molar-refractivity contribution in [2.45, 2.75) is 142 Å². The summed E-state index contributed by atoms with van der Waals surface area (Å²) in [5, 5.41) is 5.25. The van der Waals surface area contributed by atoms with Gasteiger partial charge in [-0.1, -0.05) is 19.9 Å². The van der Waals surface area contributed by atoms with E-state index < -0.39 is 41.1 Å². The Labute approximate surface area is 363 Å². The van der Waals surface area contributed by atoms with E-state index in [-0.39, 0.29) is 48.7 Å². The van der Waals surface area contributed by atoms with Crippen LogP contribution in [-0.2, 0) is 52.7 Å². The zero-order valence-electron chi connectivity index (χ0n) is 37.5. The number of nitrogens with zero attached hydrogens (tertiary/aromatic N) is 4. The van der Waals surface area contributed by atoms with Crippen molar-refractivity contribution in [1.29, 1.82) is 0 Å². The van der Waals surface area contributed by atoms with Gasteiger partial charge in [-0.2, -0.15) is 0 Å². The predicted molar refractivity (Wildman–Crippen MR) is 231 cm³/mol. The van der Waals surface area contributed by atoms with Crippen LogP contribution in [-0.4, -0.2) is 99.9 Å². The zero-order chi connectivity index (χ0) is 44.1. The molecule has 9 rings (SSSR count). The Morgan fingerprint density at radius 1 is 1.13 bits per heavy atom. The molecular formula is C47H62N6O9. The first kappa shape index (κ1) is 43.8. The Hall–Kier alpha value is -4.83. The lowest BCUT2D eigenvalue weighted by Gasteiger charge is -2.53. The number of rotatable bonds is 8. The first-order chi connectivity index (χ1) is 29.4. The van der Waals surface area contributed by atoms with Crippen LogP contribution < -0.4 is 10.7 Å². The molecule has 0 unspecified atom stereocenters. The number of carbonyl (C=O) groups excluding carboxylic acids is 3. The van der Waals surface area contributed by atoms with Crippen molar-refractivity contribution in [2.24, 2.45) is 11.3 Å². The highest BCUT2D eigenvalue weighted by Gasteiger charge is 2.51. The molecule has 4 aliphatic heterocycles. The second-order valence-electron chi connectivity index (χ2n) is 19.8. The molecule has 0 radical (unpaired) electrons. The first-order valence-electron chi connectivity index (χ1n) is 22.0. The highest BCUT2D eigenvalue weighted by Crippen LogP contribution is 2.43. The van der Waals surface area contributed by atoms with Crippen molar-refractivity contribution in [3.05, 3.63) is 59.9 Å². The summed E-state index contributed by atoms with van der Waals surface area (Å²) in [6.07, 6.45) is 5.84. The molecule has 1 aromatic carbocycles. The highest BCUT2D eigenvalue weighted by atomic mass is 16.6. The fourth-order valence-electron chi connectivity index (χ4n) is 9.36. The van der Waals surface area contributed by atoms with E-state index in [2.05, 4.69) is 61.2 Å². The van der Waals surface area contributed by atoms with Gasteiger partial charge in [-0.25, -0.2) is 15.2 Å². The maximum absolute atomic E-state index is 14.3. The molecule has 0 spiro atoms. The number of alkyl carbamates (subject to hydrolysis) is 1. The molecule has 4 aromatic rings. The molecule has 5 aliphatic rings. The number of esters is 1. The minimum atomic E-state index is -1.10.